The van der Waals surface area contributed by atoms with Crippen LogP contribution in [0.5, 0.6) is 0 Å². The molecule has 0 fully saturated rings. The Morgan fingerprint density at radius 3 is 1.13 bits per heavy atom. The normalized spacial score (nSPS) is 11.4. The maximum Gasteiger partial charge on any atom is 0.336 e. The van der Waals surface area contributed by atoms with Gasteiger partial charge in [-0.1, -0.05) is 144 Å². The summed E-state index contributed by atoms with van der Waals surface area (Å²) in [6, 6.07) is 44.4. The maximum atomic E-state index is 13.1. The number of hydrogen-bond donors (Lipinski definition) is 2. The lowest BCUT2D eigenvalue weighted by molar-refractivity contribution is 0.0689. The Bertz CT molecular complexity index is 2560. The fraction of sp³-hybridized carbons (Fsp3) is 0.0833. The van der Waals surface area contributed by atoms with Gasteiger partial charge in [0, 0.05) is 10.8 Å². The van der Waals surface area contributed by atoms with Gasteiger partial charge in [0.2, 0.25) is 0 Å². The van der Waals surface area contributed by atoms with Gasteiger partial charge in [-0.05, 0) is 106 Å². The summed E-state index contributed by atoms with van der Waals surface area (Å²) in [6.07, 6.45) is 0. The highest BCUT2D eigenvalue weighted by molar-refractivity contribution is 6.16. The Balaban J connectivity index is 1.33. The van der Waals surface area contributed by atoms with Gasteiger partial charge in [-0.15, -0.1) is 0 Å². The summed E-state index contributed by atoms with van der Waals surface area (Å²) >= 11 is 0. The molecular formula is C48H36O4. The molecule has 8 aromatic rings. The molecule has 4 nitrogen and oxygen atoms in total. The van der Waals surface area contributed by atoms with Crippen LogP contribution in [0.2, 0.25) is 0 Å². The number of carboxylic acids is 2. The fourth-order valence-corrected chi connectivity index (χ4v) is 8.01. The third-order valence-corrected chi connectivity index (χ3v) is 10.0. The number of carbonyl (C=O) groups is 2. The molecule has 0 radical (unpaired) electrons. The van der Waals surface area contributed by atoms with Crippen LogP contribution in [0, 0.1) is 27.7 Å². The first-order valence-electron chi connectivity index (χ1n) is 17.4. The van der Waals surface area contributed by atoms with E-state index in [0.29, 0.717) is 21.9 Å². The molecule has 0 saturated carbocycles. The molecule has 252 valence electrons. The molecule has 4 heteroatoms. The minimum absolute atomic E-state index is 0.281. The van der Waals surface area contributed by atoms with Crippen molar-refractivity contribution in [2.45, 2.75) is 27.7 Å². The summed E-state index contributed by atoms with van der Waals surface area (Å²) in [5.41, 5.74) is 11.5. The molecule has 0 heterocycles. The lowest BCUT2D eigenvalue weighted by Gasteiger charge is -2.16. The molecule has 0 aromatic heterocycles. The average Bonchev–Trinajstić information content (AvgIpc) is 3.11. The summed E-state index contributed by atoms with van der Waals surface area (Å²) in [5.74, 6) is -1.94. The number of aryl methyl sites for hydroxylation is 4. The number of benzene rings is 8. The third-order valence-electron chi connectivity index (χ3n) is 10.0. The first-order chi connectivity index (χ1) is 25.0. The van der Waals surface area contributed by atoms with Crippen molar-refractivity contribution in [1.29, 1.82) is 0 Å². The van der Waals surface area contributed by atoms with Crippen LogP contribution in [0.25, 0.3) is 76.8 Å². The van der Waals surface area contributed by atoms with Gasteiger partial charge in [-0.25, -0.2) is 9.59 Å². The topological polar surface area (TPSA) is 74.6 Å². The van der Waals surface area contributed by atoms with Crippen LogP contribution in [0.15, 0.2) is 133 Å². The highest BCUT2D eigenvalue weighted by Gasteiger charge is 2.22. The van der Waals surface area contributed by atoms with Crippen molar-refractivity contribution >= 4 is 44.3 Å². The van der Waals surface area contributed by atoms with Gasteiger partial charge in [0.1, 0.15) is 0 Å². The third kappa shape index (κ3) is 5.69. The SMILES string of the molecule is Cc1cc(C)cc(-c2ccc3cccc(-c4ccc5ccc(-c6cccc7ccc(-c8cc(C)cc(C)c8)c(C(=O)O)c67)cc5c4)c3c2C(=O)O)c1. The van der Waals surface area contributed by atoms with Crippen molar-refractivity contribution < 1.29 is 19.8 Å². The highest BCUT2D eigenvalue weighted by atomic mass is 16.4. The van der Waals surface area contributed by atoms with Gasteiger partial charge in [0.25, 0.3) is 0 Å². The van der Waals surface area contributed by atoms with Gasteiger partial charge >= 0.3 is 11.9 Å². The monoisotopic (exact) mass is 676 g/mol. The maximum absolute atomic E-state index is 13.1. The van der Waals surface area contributed by atoms with E-state index in [0.717, 1.165) is 77.2 Å². The minimum Gasteiger partial charge on any atom is -0.478 e. The summed E-state index contributed by atoms with van der Waals surface area (Å²) in [6.45, 7) is 8.10. The van der Waals surface area contributed by atoms with E-state index in [9.17, 15) is 19.8 Å². The van der Waals surface area contributed by atoms with Gasteiger partial charge in [-0.2, -0.15) is 0 Å². The second-order valence-electron chi connectivity index (χ2n) is 13.9. The molecule has 0 unspecified atom stereocenters. The van der Waals surface area contributed by atoms with Gasteiger partial charge < -0.3 is 10.2 Å². The lowest BCUT2D eigenvalue weighted by Crippen LogP contribution is -2.03. The first kappa shape index (κ1) is 32.7. The van der Waals surface area contributed by atoms with Crippen molar-refractivity contribution in [1.82, 2.24) is 0 Å². The second kappa shape index (κ2) is 12.7. The predicted octanol–water partition coefficient (Wildman–Crippen LogP) is 12.4. The van der Waals surface area contributed by atoms with Crippen molar-refractivity contribution in [3.63, 3.8) is 0 Å². The molecule has 0 atom stereocenters. The van der Waals surface area contributed by atoms with Gasteiger partial charge in [0.05, 0.1) is 11.1 Å². The molecule has 0 aliphatic carbocycles. The summed E-state index contributed by atoms with van der Waals surface area (Å²) in [5, 5.41) is 26.5. The Labute approximate surface area is 302 Å². The van der Waals surface area contributed by atoms with Crippen molar-refractivity contribution in [3.05, 3.63) is 167 Å². The summed E-state index contributed by atoms with van der Waals surface area (Å²) in [4.78, 5) is 26.1. The molecule has 2 N–H and O–H groups in total. The van der Waals surface area contributed by atoms with E-state index in [1.54, 1.807) is 0 Å². The summed E-state index contributed by atoms with van der Waals surface area (Å²) in [7, 11) is 0. The minimum atomic E-state index is -0.972. The smallest absolute Gasteiger partial charge is 0.336 e. The second-order valence-corrected chi connectivity index (χ2v) is 13.9. The van der Waals surface area contributed by atoms with E-state index in [-0.39, 0.29) is 11.1 Å². The van der Waals surface area contributed by atoms with Gasteiger partial charge in [0.15, 0.2) is 0 Å². The summed E-state index contributed by atoms with van der Waals surface area (Å²) < 4.78 is 0. The van der Waals surface area contributed by atoms with Crippen molar-refractivity contribution in [3.8, 4) is 44.5 Å². The standard InChI is InChI=1S/C48H36O4/c1-27-19-28(2)22-37(21-27)41-17-15-32-7-5-9-39(43(32)45(41)47(49)50)34-13-11-31-12-14-35(26-36(31)25-34)40-10-6-8-33-16-18-42(46(44(33)40)48(51)52)38-23-29(3)20-30(4)24-38/h5-26H,1-4H3,(H,49,50)(H,51,52). The van der Waals surface area contributed by atoms with Crippen LogP contribution < -0.4 is 0 Å². The molecule has 0 amide bonds. The molecule has 0 spiro atoms. The predicted molar refractivity (Wildman–Crippen MR) is 214 cm³/mol. The van der Waals surface area contributed by atoms with Crippen LogP contribution in [0.3, 0.4) is 0 Å². The molecule has 52 heavy (non-hydrogen) atoms. The molecule has 0 aliphatic rings. The molecular weight excluding hydrogens is 641 g/mol. The number of aromatic carboxylic acids is 2. The molecule has 8 rings (SSSR count). The highest BCUT2D eigenvalue weighted by Crippen LogP contribution is 2.41. The van der Waals surface area contributed by atoms with Crippen LogP contribution >= 0.6 is 0 Å². The number of fused-ring (bicyclic) bond motifs is 3. The van der Waals surface area contributed by atoms with Crippen molar-refractivity contribution in [2.24, 2.45) is 0 Å². The number of hydrogen-bond acceptors (Lipinski definition) is 2. The van der Waals surface area contributed by atoms with E-state index < -0.39 is 11.9 Å². The van der Waals surface area contributed by atoms with E-state index in [2.05, 4.69) is 36.4 Å². The number of rotatable bonds is 6. The molecule has 0 saturated heterocycles. The van der Waals surface area contributed by atoms with Crippen LogP contribution in [-0.4, -0.2) is 22.2 Å². The van der Waals surface area contributed by atoms with Gasteiger partial charge in [-0.3, -0.25) is 0 Å². The number of carboxylic acid groups (broad SMARTS) is 2. The van der Waals surface area contributed by atoms with E-state index in [1.165, 1.54) is 0 Å². The fourth-order valence-electron chi connectivity index (χ4n) is 8.01. The average molecular weight is 677 g/mol. The Morgan fingerprint density at radius 2 is 0.750 bits per heavy atom. The molecule has 0 aliphatic heterocycles. The van der Waals surface area contributed by atoms with E-state index >= 15 is 0 Å². The van der Waals surface area contributed by atoms with Crippen LogP contribution in [-0.2, 0) is 0 Å². The molecule has 0 bridgehead atoms. The van der Waals surface area contributed by atoms with Crippen molar-refractivity contribution in [2.75, 3.05) is 0 Å². The lowest BCUT2D eigenvalue weighted by atomic mass is 9.87. The largest absolute Gasteiger partial charge is 0.478 e. The van der Waals surface area contributed by atoms with E-state index in [4.69, 9.17) is 0 Å². The zero-order valence-electron chi connectivity index (χ0n) is 29.4. The quantitative estimate of drug-likeness (QED) is 0.184. The first-order valence-corrected chi connectivity index (χ1v) is 17.4. The zero-order valence-corrected chi connectivity index (χ0v) is 29.4. The zero-order chi connectivity index (χ0) is 36.3. The molecule has 8 aromatic carbocycles. The Morgan fingerprint density at radius 1 is 0.365 bits per heavy atom. The van der Waals surface area contributed by atoms with Crippen LogP contribution in [0.1, 0.15) is 43.0 Å². The Kier molecular flexibility index (Phi) is 7.96. The van der Waals surface area contributed by atoms with E-state index in [1.807, 2.05) is 125 Å². The Hall–Kier alpha value is -6.52. The van der Waals surface area contributed by atoms with Crippen LogP contribution in [0.4, 0.5) is 0 Å².